The highest BCUT2D eigenvalue weighted by Gasteiger charge is 2.20. The zero-order chi connectivity index (χ0) is 16.8. The Labute approximate surface area is 134 Å². The highest BCUT2D eigenvalue weighted by Crippen LogP contribution is 2.34. The maximum atomic E-state index is 11.8. The van der Waals surface area contributed by atoms with E-state index in [1.165, 1.54) is 0 Å². The average Bonchev–Trinajstić information content (AvgIpc) is 2.43. The number of nitrogens with one attached hydrogen (secondary N) is 1. The third-order valence-electron chi connectivity index (χ3n) is 3.76. The van der Waals surface area contributed by atoms with E-state index in [1.54, 1.807) is 0 Å². The Morgan fingerprint density at radius 1 is 1.27 bits per heavy atom. The number of phenolic OH excluding ortho intramolecular Hbond substituents is 1. The second-order valence-electron chi connectivity index (χ2n) is 6.90. The fraction of sp³-hybridized carbons (Fsp3) is 0.611. The molecule has 0 fully saturated rings. The van der Waals surface area contributed by atoms with Crippen LogP contribution in [0.25, 0.3) is 0 Å². The SMILES string of the molecule is Cc1cc(CCC(=O)NCCCCN)cc(C(C)(C)C)c1O. The maximum absolute atomic E-state index is 11.8. The second kappa shape index (κ2) is 8.18. The highest BCUT2D eigenvalue weighted by molar-refractivity contribution is 5.76. The first-order valence-electron chi connectivity index (χ1n) is 8.05. The number of hydrogen-bond acceptors (Lipinski definition) is 3. The first-order valence-corrected chi connectivity index (χ1v) is 8.05. The molecule has 1 aromatic carbocycles. The summed E-state index contributed by atoms with van der Waals surface area (Å²) in [6, 6.07) is 3.98. The summed E-state index contributed by atoms with van der Waals surface area (Å²) in [6.07, 6.45) is 3.02. The van der Waals surface area contributed by atoms with E-state index in [9.17, 15) is 9.90 Å². The summed E-state index contributed by atoms with van der Waals surface area (Å²) in [5.41, 5.74) is 8.20. The Balaban J connectivity index is 2.63. The van der Waals surface area contributed by atoms with E-state index in [4.69, 9.17) is 5.73 Å². The van der Waals surface area contributed by atoms with E-state index < -0.39 is 0 Å². The van der Waals surface area contributed by atoms with Crippen LogP contribution < -0.4 is 11.1 Å². The Bertz CT molecular complexity index is 505. The van der Waals surface area contributed by atoms with Crippen molar-refractivity contribution >= 4 is 5.91 Å². The van der Waals surface area contributed by atoms with Gasteiger partial charge in [0.2, 0.25) is 5.91 Å². The molecular weight excluding hydrogens is 276 g/mol. The average molecular weight is 306 g/mol. The van der Waals surface area contributed by atoms with Crippen LogP contribution in [-0.4, -0.2) is 24.1 Å². The molecule has 0 radical (unpaired) electrons. The Morgan fingerprint density at radius 2 is 1.95 bits per heavy atom. The molecule has 22 heavy (non-hydrogen) atoms. The van der Waals surface area contributed by atoms with Crippen molar-refractivity contribution < 1.29 is 9.90 Å². The zero-order valence-corrected chi connectivity index (χ0v) is 14.3. The van der Waals surface area contributed by atoms with Crippen molar-refractivity contribution in [3.8, 4) is 5.75 Å². The van der Waals surface area contributed by atoms with Crippen LogP contribution in [0, 0.1) is 6.92 Å². The molecule has 0 bridgehead atoms. The first-order chi connectivity index (χ1) is 10.3. The topological polar surface area (TPSA) is 75.4 Å². The number of carbonyl (C=O) groups excluding carboxylic acids is 1. The molecule has 4 nitrogen and oxygen atoms in total. The van der Waals surface area contributed by atoms with Gasteiger partial charge in [0.15, 0.2) is 0 Å². The summed E-state index contributed by atoms with van der Waals surface area (Å²) >= 11 is 0. The Hall–Kier alpha value is -1.55. The van der Waals surface area contributed by atoms with Gasteiger partial charge in [0.25, 0.3) is 0 Å². The Kier molecular flexibility index (Phi) is 6.88. The zero-order valence-electron chi connectivity index (χ0n) is 14.3. The van der Waals surface area contributed by atoms with E-state index >= 15 is 0 Å². The standard InChI is InChI=1S/C18H30N2O2/c1-13-11-14(12-15(17(13)22)18(2,3)4)7-8-16(21)20-10-6-5-9-19/h11-12,22H,5-10,19H2,1-4H3,(H,20,21). The minimum atomic E-state index is -0.116. The van der Waals surface area contributed by atoms with E-state index in [0.717, 1.165) is 29.5 Å². The first kappa shape index (κ1) is 18.5. The molecule has 4 heteroatoms. The molecule has 0 unspecified atom stereocenters. The number of aromatic hydroxyl groups is 1. The molecule has 0 aliphatic rings. The van der Waals surface area contributed by atoms with Gasteiger partial charge in [-0.3, -0.25) is 4.79 Å². The number of aryl methyl sites for hydroxylation is 2. The molecule has 0 aliphatic carbocycles. The normalized spacial score (nSPS) is 11.5. The van der Waals surface area contributed by atoms with E-state index in [0.29, 0.717) is 31.7 Å². The number of phenols is 1. The van der Waals surface area contributed by atoms with Crippen molar-refractivity contribution in [1.82, 2.24) is 5.32 Å². The monoisotopic (exact) mass is 306 g/mol. The molecule has 0 saturated heterocycles. The number of rotatable bonds is 7. The third-order valence-corrected chi connectivity index (χ3v) is 3.76. The van der Waals surface area contributed by atoms with Crippen LogP contribution in [0.4, 0.5) is 0 Å². The molecule has 0 aromatic heterocycles. The lowest BCUT2D eigenvalue weighted by Gasteiger charge is -2.22. The van der Waals surface area contributed by atoms with Gasteiger partial charge in [-0.15, -0.1) is 0 Å². The summed E-state index contributed by atoms with van der Waals surface area (Å²) < 4.78 is 0. The summed E-state index contributed by atoms with van der Waals surface area (Å²) in [7, 11) is 0. The number of benzene rings is 1. The minimum absolute atomic E-state index is 0.0695. The highest BCUT2D eigenvalue weighted by atomic mass is 16.3. The van der Waals surface area contributed by atoms with Crippen molar-refractivity contribution in [3.63, 3.8) is 0 Å². The molecule has 1 amide bonds. The minimum Gasteiger partial charge on any atom is -0.507 e. The van der Waals surface area contributed by atoms with Gasteiger partial charge >= 0.3 is 0 Å². The molecule has 0 heterocycles. The van der Waals surface area contributed by atoms with Crippen molar-refractivity contribution in [2.75, 3.05) is 13.1 Å². The summed E-state index contributed by atoms with van der Waals surface area (Å²) in [4.78, 5) is 11.8. The van der Waals surface area contributed by atoms with E-state index in [1.807, 2.05) is 19.1 Å². The molecule has 0 aliphatic heterocycles. The third kappa shape index (κ3) is 5.68. The van der Waals surface area contributed by atoms with Crippen molar-refractivity contribution in [1.29, 1.82) is 0 Å². The van der Waals surface area contributed by atoms with Gasteiger partial charge in [0.05, 0.1) is 0 Å². The molecule has 0 atom stereocenters. The van der Waals surface area contributed by atoms with Crippen LogP contribution in [0.15, 0.2) is 12.1 Å². The lowest BCUT2D eigenvalue weighted by molar-refractivity contribution is -0.121. The summed E-state index contributed by atoms with van der Waals surface area (Å²) in [5.74, 6) is 0.433. The van der Waals surface area contributed by atoms with Crippen LogP contribution >= 0.6 is 0 Å². The number of unbranched alkanes of at least 4 members (excludes halogenated alkanes) is 1. The van der Waals surface area contributed by atoms with E-state index in [2.05, 4.69) is 26.1 Å². The predicted octanol–water partition coefficient (Wildman–Crippen LogP) is 2.79. The van der Waals surface area contributed by atoms with Gasteiger partial charge in [0.1, 0.15) is 5.75 Å². The number of carbonyl (C=O) groups is 1. The second-order valence-corrected chi connectivity index (χ2v) is 6.90. The van der Waals surface area contributed by atoms with Gasteiger partial charge in [0, 0.05) is 13.0 Å². The molecule has 0 spiro atoms. The van der Waals surface area contributed by atoms with Crippen LogP contribution in [0.2, 0.25) is 0 Å². The summed E-state index contributed by atoms with van der Waals surface area (Å²) in [5, 5.41) is 13.1. The molecule has 4 N–H and O–H groups in total. The smallest absolute Gasteiger partial charge is 0.220 e. The van der Waals surface area contributed by atoms with Gasteiger partial charge < -0.3 is 16.2 Å². The van der Waals surface area contributed by atoms with Crippen LogP contribution in [-0.2, 0) is 16.6 Å². The molecule has 0 saturated carbocycles. The quantitative estimate of drug-likeness (QED) is 0.678. The van der Waals surface area contributed by atoms with Gasteiger partial charge in [-0.1, -0.05) is 32.9 Å². The number of hydrogen-bond donors (Lipinski definition) is 3. The molecular formula is C18H30N2O2. The lowest BCUT2D eigenvalue weighted by atomic mass is 9.83. The largest absolute Gasteiger partial charge is 0.507 e. The van der Waals surface area contributed by atoms with Crippen LogP contribution in [0.5, 0.6) is 5.75 Å². The van der Waals surface area contributed by atoms with Gasteiger partial charge in [-0.05, 0) is 54.8 Å². The fourth-order valence-electron chi connectivity index (χ4n) is 2.41. The van der Waals surface area contributed by atoms with Gasteiger partial charge in [-0.2, -0.15) is 0 Å². The maximum Gasteiger partial charge on any atom is 0.220 e. The number of nitrogens with two attached hydrogens (primary N) is 1. The van der Waals surface area contributed by atoms with Gasteiger partial charge in [-0.25, -0.2) is 0 Å². The molecule has 1 rings (SSSR count). The van der Waals surface area contributed by atoms with Crippen LogP contribution in [0.1, 0.15) is 56.7 Å². The predicted molar refractivity (Wildman–Crippen MR) is 91.2 cm³/mol. The number of amides is 1. The molecule has 1 aromatic rings. The Morgan fingerprint density at radius 3 is 2.55 bits per heavy atom. The summed E-state index contributed by atoms with van der Waals surface area (Å²) in [6.45, 7) is 9.50. The fourth-order valence-corrected chi connectivity index (χ4v) is 2.41. The van der Waals surface area contributed by atoms with Crippen molar-refractivity contribution in [3.05, 3.63) is 28.8 Å². The molecule has 124 valence electrons. The van der Waals surface area contributed by atoms with Crippen molar-refractivity contribution in [2.24, 2.45) is 5.73 Å². The van der Waals surface area contributed by atoms with Crippen LogP contribution in [0.3, 0.4) is 0 Å². The van der Waals surface area contributed by atoms with Crippen molar-refractivity contribution in [2.45, 2.75) is 58.8 Å². The van der Waals surface area contributed by atoms with E-state index in [-0.39, 0.29) is 11.3 Å². The lowest BCUT2D eigenvalue weighted by Crippen LogP contribution is -2.25.